The van der Waals surface area contributed by atoms with Gasteiger partial charge in [0.2, 0.25) is 5.91 Å². The number of hydrogen-bond donors (Lipinski definition) is 3. The number of methoxy groups -OCH3 is 1. The van der Waals surface area contributed by atoms with E-state index in [2.05, 4.69) is 48.9 Å². The van der Waals surface area contributed by atoms with Crippen molar-refractivity contribution in [3.8, 4) is 34.9 Å². The van der Waals surface area contributed by atoms with Gasteiger partial charge in [-0.3, -0.25) is 9.69 Å². The van der Waals surface area contributed by atoms with Crippen LogP contribution >= 0.6 is 0 Å². The van der Waals surface area contributed by atoms with Crippen LogP contribution in [0, 0.1) is 29.6 Å². The first-order valence-corrected chi connectivity index (χ1v) is 16.3. The van der Waals surface area contributed by atoms with E-state index in [0.717, 1.165) is 42.5 Å². The minimum atomic E-state index is -0.684. The first-order valence-electron chi connectivity index (χ1n) is 16.3. The molecule has 3 amide bonds. The van der Waals surface area contributed by atoms with Gasteiger partial charge in [0.05, 0.1) is 37.3 Å². The first kappa shape index (κ1) is 34.1. The summed E-state index contributed by atoms with van der Waals surface area (Å²) in [7, 11) is 1.28. The largest absolute Gasteiger partial charge is 0.453 e. The van der Waals surface area contributed by atoms with Crippen LogP contribution in [0.4, 0.5) is 9.59 Å². The van der Waals surface area contributed by atoms with Crippen molar-refractivity contribution in [2.24, 2.45) is 5.92 Å². The number of nitrogens with zero attached hydrogens (tertiary/aromatic N) is 4. The van der Waals surface area contributed by atoms with E-state index in [1.54, 1.807) is 22.2 Å². The van der Waals surface area contributed by atoms with E-state index in [0.29, 0.717) is 30.4 Å². The number of benzene rings is 1. The highest BCUT2D eigenvalue weighted by Crippen LogP contribution is 2.33. The van der Waals surface area contributed by atoms with Gasteiger partial charge in [-0.2, -0.15) is 0 Å². The Hall–Kier alpha value is -5.23. The Bertz CT molecular complexity index is 1750. The second-order valence-electron chi connectivity index (χ2n) is 13.3. The zero-order valence-corrected chi connectivity index (χ0v) is 28.3. The molecule has 2 aromatic heterocycles. The maximum absolute atomic E-state index is 13.4. The van der Waals surface area contributed by atoms with Crippen LogP contribution in [0.3, 0.4) is 0 Å². The summed E-state index contributed by atoms with van der Waals surface area (Å²) in [6, 6.07) is 6.70. The van der Waals surface area contributed by atoms with Gasteiger partial charge in [0.1, 0.15) is 29.0 Å². The van der Waals surface area contributed by atoms with Crippen molar-refractivity contribution in [1.82, 2.24) is 35.1 Å². The highest BCUT2D eigenvalue weighted by molar-refractivity contribution is 5.86. The van der Waals surface area contributed by atoms with Gasteiger partial charge in [-0.1, -0.05) is 31.9 Å². The number of rotatable bonds is 6. The molecule has 3 aromatic rings. The maximum atomic E-state index is 13.4. The van der Waals surface area contributed by atoms with Gasteiger partial charge in [0, 0.05) is 18.7 Å². The standard InChI is InChI=1S/C36H43N7O5/c1-23(2)30(41-34(45)47-6)33(44)42-19-9-13-28(42)32-38-22-27(40-32)25-17-15-24(16-18-25)11-7-8-12-26-21-37-31(39-26)29-14-10-20-43(29)35(46)48-36(3,4)5/h15-18,21-23,28-30H,9-10,13-14,19-20H2,1-6H3,(H,37,39)(H,38,40)(H,41,45)/t28-,29?,30-/m0/s1. The molecule has 48 heavy (non-hydrogen) atoms. The molecule has 4 heterocycles. The molecule has 2 fully saturated rings. The number of ether oxygens (including phenoxy) is 2. The molecule has 2 aliphatic rings. The number of likely N-dealkylation sites (tertiary alicyclic amines) is 2. The van der Waals surface area contributed by atoms with Crippen molar-refractivity contribution >= 4 is 18.1 Å². The lowest BCUT2D eigenvalue weighted by Crippen LogP contribution is -2.51. The number of carbonyl (C=O) groups excluding carboxylic acids is 3. The smallest absolute Gasteiger partial charge is 0.410 e. The van der Waals surface area contributed by atoms with Crippen LogP contribution in [0.5, 0.6) is 0 Å². The number of nitrogens with one attached hydrogen (secondary N) is 3. The summed E-state index contributed by atoms with van der Waals surface area (Å²) in [6.07, 6.45) is 5.79. The number of amides is 3. The van der Waals surface area contributed by atoms with Crippen molar-refractivity contribution < 1.29 is 23.9 Å². The van der Waals surface area contributed by atoms with Crippen LogP contribution in [0.1, 0.15) is 95.3 Å². The van der Waals surface area contributed by atoms with Gasteiger partial charge in [-0.25, -0.2) is 19.6 Å². The molecule has 0 radical (unpaired) electrons. The number of H-pyrrole nitrogens is 2. The van der Waals surface area contributed by atoms with E-state index < -0.39 is 17.7 Å². The maximum Gasteiger partial charge on any atom is 0.410 e. The van der Waals surface area contributed by atoms with Gasteiger partial charge >= 0.3 is 12.2 Å². The molecule has 0 aliphatic carbocycles. The Labute approximate surface area is 281 Å². The molecule has 5 rings (SSSR count). The molecule has 0 bridgehead atoms. The fourth-order valence-corrected chi connectivity index (χ4v) is 5.94. The molecular formula is C36H43N7O5. The minimum absolute atomic E-state index is 0.101. The van der Waals surface area contributed by atoms with E-state index in [1.807, 2.05) is 58.9 Å². The molecule has 12 nitrogen and oxygen atoms in total. The molecule has 2 saturated heterocycles. The molecule has 1 unspecified atom stereocenters. The lowest BCUT2D eigenvalue weighted by molar-refractivity contribution is -0.135. The predicted molar refractivity (Wildman–Crippen MR) is 179 cm³/mol. The third kappa shape index (κ3) is 8.18. The van der Waals surface area contributed by atoms with Crippen molar-refractivity contribution in [3.63, 3.8) is 0 Å². The monoisotopic (exact) mass is 653 g/mol. The van der Waals surface area contributed by atoms with Crippen LogP contribution in [0.2, 0.25) is 0 Å². The average molecular weight is 654 g/mol. The molecule has 0 saturated carbocycles. The second kappa shape index (κ2) is 14.7. The van der Waals surface area contributed by atoms with E-state index in [-0.39, 0.29) is 30.0 Å². The number of aromatic amines is 2. The number of alkyl carbamates (subject to hydrolysis) is 1. The summed E-state index contributed by atoms with van der Waals surface area (Å²) in [4.78, 5) is 57.1. The van der Waals surface area contributed by atoms with Crippen molar-refractivity contribution in [2.45, 2.75) is 84.0 Å². The number of hydrogen-bond acceptors (Lipinski definition) is 7. The second-order valence-corrected chi connectivity index (χ2v) is 13.3. The van der Waals surface area contributed by atoms with E-state index in [1.165, 1.54) is 7.11 Å². The highest BCUT2D eigenvalue weighted by Gasteiger charge is 2.38. The fourth-order valence-electron chi connectivity index (χ4n) is 5.94. The van der Waals surface area contributed by atoms with Gasteiger partial charge in [-0.15, -0.1) is 0 Å². The summed E-state index contributed by atoms with van der Waals surface area (Å²) >= 11 is 0. The van der Waals surface area contributed by atoms with Gasteiger partial charge in [0.15, 0.2) is 0 Å². The van der Waals surface area contributed by atoms with Crippen LogP contribution in [0.15, 0.2) is 36.7 Å². The molecule has 252 valence electrons. The van der Waals surface area contributed by atoms with E-state index in [4.69, 9.17) is 9.47 Å². The zero-order chi connectivity index (χ0) is 34.4. The Kier molecular flexibility index (Phi) is 10.4. The lowest BCUT2D eigenvalue weighted by Gasteiger charge is -2.30. The number of imidazole rings is 2. The third-order valence-electron chi connectivity index (χ3n) is 8.29. The van der Waals surface area contributed by atoms with Crippen molar-refractivity contribution in [2.75, 3.05) is 20.2 Å². The zero-order valence-electron chi connectivity index (χ0n) is 28.3. The molecule has 3 N–H and O–H groups in total. The Morgan fingerprint density at radius 3 is 2.21 bits per heavy atom. The van der Waals surface area contributed by atoms with Gasteiger partial charge in [-0.05, 0) is 87.8 Å². The number of aromatic nitrogens is 4. The van der Waals surface area contributed by atoms with Crippen LogP contribution in [-0.2, 0) is 14.3 Å². The summed E-state index contributed by atoms with van der Waals surface area (Å²) in [5.41, 5.74) is 2.65. The minimum Gasteiger partial charge on any atom is -0.453 e. The summed E-state index contributed by atoms with van der Waals surface area (Å²) in [6.45, 7) is 10.6. The van der Waals surface area contributed by atoms with Crippen molar-refractivity contribution in [1.29, 1.82) is 0 Å². The van der Waals surface area contributed by atoms with Crippen LogP contribution in [-0.4, -0.2) is 79.7 Å². The van der Waals surface area contributed by atoms with Crippen LogP contribution < -0.4 is 5.32 Å². The fraction of sp³-hybridized carbons (Fsp3) is 0.472. The van der Waals surface area contributed by atoms with Crippen molar-refractivity contribution in [3.05, 3.63) is 59.6 Å². The Morgan fingerprint density at radius 2 is 1.54 bits per heavy atom. The lowest BCUT2D eigenvalue weighted by atomic mass is 10.0. The van der Waals surface area contributed by atoms with E-state index in [9.17, 15) is 14.4 Å². The first-order chi connectivity index (χ1) is 22.9. The number of carbonyl (C=O) groups is 3. The third-order valence-corrected chi connectivity index (χ3v) is 8.29. The molecule has 2 aliphatic heterocycles. The summed E-state index contributed by atoms with van der Waals surface area (Å²) < 4.78 is 10.3. The Morgan fingerprint density at radius 1 is 0.917 bits per heavy atom. The quantitative estimate of drug-likeness (QED) is 0.306. The topological polar surface area (TPSA) is 146 Å². The highest BCUT2D eigenvalue weighted by atomic mass is 16.6. The molecular weight excluding hydrogens is 610 g/mol. The molecule has 3 atom stereocenters. The van der Waals surface area contributed by atoms with Gasteiger partial charge in [0.25, 0.3) is 0 Å². The average Bonchev–Trinajstić information content (AvgIpc) is 3.87. The summed E-state index contributed by atoms with van der Waals surface area (Å²) in [5, 5.41) is 2.68. The Balaban J connectivity index is 1.20. The van der Waals surface area contributed by atoms with Gasteiger partial charge < -0.3 is 29.7 Å². The normalized spacial score (nSPS) is 18.1. The van der Waals surface area contributed by atoms with Crippen LogP contribution in [0.25, 0.3) is 11.3 Å². The summed E-state index contributed by atoms with van der Waals surface area (Å²) in [5.74, 6) is 13.0. The SMILES string of the molecule is COC(=O)N[C@H](C(=O)N1CCC[C@H]1c1ncc(-c2ccc(C#CC#Cc3cnc(C4CCCN4C(=O)OC(C)(C)C)[nH]3)cc2)[nH]1)C(C)C. The van der Waals surface area contributed by atoms with E-state index >= 15 is 0 Å². The molecule has 1 aromatic carbocycles. The molecule has 12 heteroatoms. The molecule has 0 spiro atoms. The predicted octanol–water partition coefficient (Wildman–Crippen LogP) is 5.32.